The molecule has 17 heavy (non-hydrogen) atoms. The van der Waals surface area contributed by atoms with Crippen LogP contribution >= 0.6 is 0 Å². The first kappa shape index (κ1) is 15.2. The standard InChI is InChI=1S/C10H19N3O4/c1-7(6-8(11)14)13-10(17)12-5-3-2-4-9(15)16/h7H,2-6H2,1H3,(H2,11,14)(H,15,16)(H2,12,13,17). The van der Waals surface area contributed by atoms with E-state index in [2.05, 4.69) is 10.6 Å². The average Bonchev–Trinajstić information content (AvgIpc) is 2.14. The zero-order chi connectivity index (χ0) is 13.3. The van der Waals surface area contributed by atoms with E-state index < -0.39 is 11.9 Å². The minimum Gasteiger partial charge on any atom is -0.481 e. The summed E-state index contributed by atoms with van der Waals surface area (Å²) in [7, 11) is 0. The van der Waals surface area contributed by atoms with Crippen molar-refractivity contribution in [2.75, 3.05) is 6.54 Å². The van der Waals surface area contributed by atoms with E-state index >= 15 is 0 Å². The minimum absolute atomic E-state index is 0.0897. The Labute approximate surface area is 99.7 Å². The van der Waals surface area contributed by atoms with Crippen LogP contribution in [-0.4, -0.2) is 35.6 Å². The Kier molecular flexibility index (Phi) is 7.49. The highest BCUT2D eigenvalue weighted by molar-refractivity contribution is 5.77. The molecule has 0 spiro atoms. The highest BCUT2D eigenvalue weighted by atomic mass is 16.4. The molecule has 0 saturated carbocycles. The van der Waals surface area contributed by atoms with Crippen LogP contribution in [0.25, 0.3) is 0 Å². The molecule has 3 amide bonds. The summed E-state index contributed by atoms with van der Waals surface area (Å²) in [6.45, 7) is 2.08. The van der Waals surface area contributed by atoms with Gasteiger partial charge in [0.1, 0.15) is 0 Å². The number of rotatable bonds is 8. The Morgan fingerprint density at radius 2 is 1.94 bits per heavy atom. The van der Waals surface area contributed by atoms with Gasteiger partial charge in [-0.15, -0.1) is 0 Å². The first-order valence-electron chi connectivity index (χ1n) is 5.46. The van der Waals surface area contributed by atoms with Gasteiger partial charge in [0.2, 0.25) is 5.91 Å². The number of carbonyl (C=O) groups excluding carboxylic acids is 2. The fourth-order valence-electron chi connectivity index (χ4n) is 1.23. The summed E-state index contributed by atoms with van der Waals surface area (Å²) in [5, 5.41) is 13.5. The highest BCUT2D eigenvalue weighted by Gasteiger charge is 2.08. The van der Waals surface area contributed by atoms with E-state index in [4.69, 9.17) is 10.8 Å². The van der Waals surface area contributed by atoms with Crippen LogP contribution in [0, 0.1) is 0 Å². The van der Waals surface area contributed by atoms with Crippen molar-refractivity contribution in [1.29, 1.82) is 0 Å². The lowest BCUT2D eigenvalue weighted by Gasteiger charge is -2.12. The van der Waals surface area contributed by atoms with E-state index in [-0.39, 0.29) is 24.9 Å². The molecule has 7 heteroatoms. The molecule has 1 unspecified atom stereocenters. The lowest BCUT2D eigenvalue weighted by molar-refractivity contribution is -0.137. The molecule has 0 aromatic rings. The summed E-state index contributed by atoms with van der Waals surface area (Å²) in [4.78, 5) is 32.0. The first-order chi connectivity index (χ1) is 7.91. The Morgan fingerprint density at radius 3 is 2.47 bits per heavy atom. The number of unbranched alkanes of at least 4 members (excludes halogenated alkanes) is 1. The van der Waals surface area contributed by atoms with Gasteiger partial charge in [0, 0.05) is 25.4 Å². The minimum atomic E-state index is -0.843. The van der Waals surface area contributed by atoms with Crippen molar-refractivity contribution in [3.8, 4) is 0 Å². The maximum Gasteiger partial charge on any atom is 0.315 e. The number of nitrogens with one attached hydrogen (secondary N) is 2. The summed E-state index contributed by atoms with van der Waals surface area (Å²) in [6, 6.07) is -0.694. The Morgan fingerprint density at radius 1 is 1.29 bits per heavy atom. The molecular weight excluding hydrogens is 226 g/mol. The number of urea groups is 1. The maximum atomic E-state index is 11.2. The molecule has 0 aromatic heterocycles. The normalized spacial score (nSPS) is 11.6. The summed E-state index contributed by atoms with van der Waals surface area (Å²) in [5.41, 5.74) is 4.97. The molecule has 0 rings (SSSR count). The maximum absolute atomic E-state index is 11.2. The number of aliphatic carboxylic acids is 1. The second-order valence-corrected chi connectivity index (χ2v) is 3.82. The largest absolute Gasteiger partial charge is 0.481 e. The second kappa shape index (κ2) is 8.37. The third-order valence-corrected chi connectivity index (χ3v) is 1.99. The van der Waals surface area contributed by atoms with Crippen LogP contribution in [-0.2, 0) is 9.59 Å². The number of hydrogen-bond acceptors (Lipinski definition) is 3. The van der Waals surface area contributed by atoms with E-state index in [1.807, 2.05) is 0 Å². The van der Waals surface area contributed by atoms with Gasteiger partial charge in [-0.3, -0.25) is 9.59 Å². The fraction of sp³-hybridized carbons (Fsp3) is 0.700. The van der Waals surface area contributed by atoms with Gasteiger partial charge in [-0.25, -0.2) is 4.79 Å². The van der Waals surface area contributed by atoms with Gasteiger partial charge in [0.25, 0.3) is 0 Å². The molecule has 0 radical (unpaired) electrons. The number of amides is 3. The summed E-state index contributed by atoms with van der Waals surface area (Å²) in [6.07, 6.45) is 1.31. The number of nitrogens with two attached hydrogens (primary N) is 1. The van der Waals surface area contributed by atoms with Crippen LogP contribution in [0.1, 0.15) is 32.6 Å². The van der Waals surface area contributed by atoms with Crippen molar-refractivity contribution in [2.45, 2.75) is 38.6 Å². The zero-order valence-corrected chi connectivity index (χ0v) is 9.86. The average molecular weight is 245 g/mol. The smallest absolute Gasteiger partial charge is 0.315 e. The van der Waals surface area contributed by atoms with Crippen LogP contribution < -0.4 is 16.4 Å². The molecule has 0 saturated heterocycles. The van der Waals surface area contributed by atoms with Crippen molar-refractivity contribution in [3.05, 3.63) is 0 Å². The number of carbonyl (C=O) groups is 3. The van der Waals surface area contributed by atoms with Gasteiger partial charge in [-0.1, -0.05) is 0 Å². The summed E-state index contributed by atoms with van der Waals surface area (Å²) in [5.74, 6) is -1.32. The first-order valence-corrected chi connectivity index (χ1v) is 5.46. The van der Waals surface area contributed by atoms with Crippen LogP contribution in [0.15, 0.2) is 0 Å². The van der Waals surface area contributed by atoms with E-state index in [9.17, 15) is 14.4 Å². The lowest BCUT2D eigenvalue weighted by atomic mass is 10.2. The van der Waals surface area contributed by atoms with Gasteiger partial charge in [0.15, 0.2) is 0 Å². The van der Waals surface area contributed by atoms with Gasteiger partial charge in [-0.2, -0.15) is 0 Å². The Hall–Kier alpha value is -1.79. The summed E-state index contributed by atoms with van der Waals surface area (Å²) >= 11 is 0. The quantitative estimate of drug-likeness (QED) is 0.442. The van der Waals surface area contributed by atoms with Crippen molar-refractivity contribution < 1.29 is 19.5 Å². The molecule has 5 N–H and O–H groups in total. The number of hydrogen-bond donors (Lipinski definition) is 4. The van der Waals surface area contributed by atoms with Crippen LogP contribution in [0.2, 0.25) is 0 Å². The molecule has 0 aliphatic carbocycles. The van der Waals surface area contributed by atoms with E-state index in [0.29, 0.717) is 19.4 Å². The number of primary amides is 1. The molecule has 0 aromatic carbocycles. The molecule has 0 heterocycles. The monoisotopic (exact) mass is 245 g/mol. The van der Waals surface area contributed by atoms with Gasteiger partial charge in [-0.05, 0) is 19.8 Å². The highest BCUT2D eigenvalue weighted by Crippen LogP contribution is 1.93. The molecular formula is C10H19N3O4. The third-order valence-electron chi connectivity index (χ3n) is 1.99. The van der Waals surface area contributed by atoms with Gasteiger partial charge >= 0.3 is 12.0 Å². The second-order valence-electron chi connectivity index (χ2n) is 3.82. The fourth-order valence-corrected chi connectivity index (χ4v) is 1.23. The predicted octanol–water partition coefficient (Wildman–Crippen LogP) is -0.196. The van der Waals surface area contributed by atoms with E-state index in [0.717, 1.165) is 0 Å². The van der Waals surface area contributed by atoms with Crippen molar-refractivity contribution >= 4 is 17.9 Å². The lowest BCUT2D eigenvalue weighted by Crippen LogP contribution is -2.42. The molecule has 0 bridgehead atoms. The van der Waals surface area contributed by atoms with E-state index in [1.165, 1.54) is 0 Å². The van der Waals surface area contributed by atoms with Crippen molar-refractivity contribution in [1.82, 2.24) is 10.6 Å². The molecule has 1 atom stereocenters. The molecule has 0 fully saturated rings. The molecule has 0 aliphatic heterocycles. The number of carboxylic acid groups (broad SMARTS) is 1. The Bertz CT molecular complexity index is 281. The topological polar surface area (TPSA) is 122 Å². The third kappa shape index (κ3) is 10.5. The molecule has 98 valence electrons. The Balaban J connectivity index is 3.52. The SMILES string of the molecule is CC(CC(N)=O)NC(=O)NCCCCC(=O)O. The molecule has 7 nitrogen and oxygen atoms in total. The molecule has 0 aliphatic rings. The van der Waals surface area contributed by atoms with Crippen LogP contribution in [0.4, 0.5) is 4.79 Å². The summed E-state index contributed by atoms with van der Waals surface area (Å²) < 4.78 is 0. The van der Waals surface area contributed by atoms with Crippen LogP contribution in [0.5, 0.6) is 0 Å². The number of carboxylic acids is 1. The van der Waals surface area contributed by atoms with Gasteiger partial charge < -0.3 is 21.5 Å². The van der Waals surface area contributed by atoms with Gasteiger partial charge in [0.05, 0.1) is 0 Å². The van der Waals surface area contributed by atoms with Crippen LogP contribution in [0.3, 0.4) is 0 Å². The van der Waals surface area contributed by atoms with E-state index in [1.54, 1.807) is 6.92 Å². The van der Waals surface area contributed by atoms with Crippen molar-refractivity contribution in [3.63, 3.8) is 0 Å². The zero-order valence-electron chi connectivity index (χ0n) is 9.86. The van der Waals surface area contributed by atoms with Crippen molar-refractivity contribution in [2.24, 2.45) is 5.73 Å². The predicted molar refractivity (Wildman–Crippen MR) is 61.3 cm³/mol.